The van der Waals surface area contributed by atoms with E-state index in [1.54, 1.807) is 0 Å². The van der Waals surface area contributed by atoms with Crippen LogP contribution in [0.15, 0.2) is 36.4 Å². The maximum atomic E-state index is 2.29. The molecule has 0 aromatic heterocycles. The molecule has 0 radical (unpaired) electrons. The van der Waals surface area contributed by atoms with Crippen molar-refractivity contribution in [2.45, 2.75) is 80.1 Å². The Bertz CT molecular complexity index is 616. The lowest BCUT2D eigenvalue weighted by Crippen LogP contribution is -1.94. The van der Waals surface area contributed by atoms with Crippen molar-refractivity contribution in [2.75, 3.05) is 0 Å². The zero-order valence-electron chi connectivity index (χ0n) is 17.0. The van der Waals surface area contributed by atoms with E-state index < -0.39 is 0 Å². The summed E-state index contributed by atoms with van der Waals surface area (Å²) in [4.78, 5) is 0. The van der Waals surface area contributed by atoms with Gasteiger partial charge in [-0.25, -0.2) is 0 Å². The average molecular weight is 325 g/mol. The molecule has 2 aromatic carbocycles. The second-order valence-electron chi connectivity index (χ2n) is 7.40. The molecule has 0 fully saturated rings. The Kier molecular flexibility index (Phi) is 8.25. The summed E-state index contributed by atoms with van der Waals surface area (Å²) in [5.74, 6) is 1.40. The van der Waals surface area contributed by atoms with Crippen molar-refractivity contribution in [2.24, 2.45) is 0 Å². The Hall–Kier alpha value is -1.56. The largest absolute Gasteiger partial charge is 0.0648 e. The zero-order chi connectivity index (χ0) is 18.3. The van der Waals surface area contributed by atoms with Crippen LogP contribution in [0.4, 0.5) is 0 Å². The molecule has 0 heteroatoms. The lowest BCUT2D eigenvalue weighted by atomic mass is 9.93. The Labute approximate surface area is 150 Å². The first-order valence-electron chi connectivity index (χ1n) is 9.43. The fourth-order valence-electron chi connectivity index (χ4n) is 3.13. The average Bonchev–Trinajstić information content (AvgIpc) is 2.53. The summed E-state index contributed by atoms with van der Waals surface area (Å²) in [6.45, 7) is 17.7. The van der Waals surface area contributed by atoms with Gasteiger partial charge in [-0.1, -0.05) is 80.8 Å². The number of hydrogen-bond acceptors (Lipinski definition) is 0. The number of rotatable bonds is 4. The minimum absolute atomic E-state index is 0.698. The van der Waals surface area contributed by atoms with E-state index >= 15 is 0 Å². The molecule has 0 spiro atoms. The van der Waals surface area contributed by atoms with Gasteiger partial charge in [0.05, 0.1) is 0 Å². The molecule has 2 atom stereocenters. The van der Waals surface area contributed by atoms with E-state index in [4.69, 9.17) is 0 Å². The van der Waals surface area contributed by atoms with E-state index in [1.165, 1.54) is 46.2 Å². The van der Waals surface area contributed by atoms with E-state index in [-0.39, 0.29) is 0 Å². The Morgan fingerprint density at radius 2 is 1.21 bits per heavy atom. The highest BCUT2D eigenvalue weighted by atomic mass is 14.1. The van der Waals surface area contributed by atoms with Crippen molar-refractivity contribution in [1.29, 1.82) is 0 Å². The minimum Gasteiger partial charge on any atom is -0.0648 e. The van der Waals surface area contributed by atoms with E-state index in [9.17, 15) is 0 Å². The van der Waals surface area contributed by atoms with Gasteiger partial charge in [0.15, 0.2) is 0 Å². The number of hydrogen-bond donors (Lipinski definition) is 0. The summed E-state index contributed by atoms with van der Waals surface area (Å²) in [6, 6.07) is 13.5. The van der Waals surface area contributed by atoms with Gasteiger partial charge >= 0.3 is 0 Å². The highest BCUT2D eigenvalue weighted by Gasteiger charge is 2.05. The Balaban J connectivity index is 0.000000240. The summed E-state index contributed by atoms with van der Waals surface area (Å²) in [5, 5.41) is 0. The molecule has 0 amide bonds. The molecule has 0 aliphatic heterocycles. The van der Waals surface area contributed by atoms with E-state index in [0.717, 1.165) is 0 Å². The Morgan fingerprint density at radius 3 is 1.67 bits per heavy atom. The molecule has 0 aliphatic rings. The van der Waals surface area contributed by atoms with Gasteiger partial charge in [-0.15, -0.1) is 0 Å². The van der Waals surface area contributed by atoms with Crippen LogP contribution >= 0.6 is 0 Å². The van der Waals surface area contributed by atoms with Crippen LogP contribution in [0.2, 0.25) is 0 Å². The van der Waals surface area contributed by atoms with Crippen LogP contribution < -0.4 is 0 Å². The third kappa shape index (κ3) is 6.15. The summed E-state index contributed by atoms with van der Waals surface area (Å²) in [5.41, 5.74) is 8.54. The highest BCUT2D eigenvalue weighted by Crippen LogP contribution is 2.23. The second kappa shape index (κ2) is 9.67. The van der Waals surface area contributed by atoms with Crippen LogP contribution in [0.5, 0.6) is 0 Å². The van der Waals surface area contributed by atoms with Crippen LogP contribution in [0.1, 0.15) is 85.8 Å². The van der Waals surface area contributed by atoms with Gasteiger partial charge in [-0.2, -0.15) is 0 Å². The molecule has 2 aromatic rings. The maximum absolute atomic E-state index is 2.29. The molecule has 2 unspecified atom stereocenters. The van der Waals surface area contributed by atoms with E-state index in [0.29, 0.717) is 11.8 Å². The summed E-state index contributed by atoms with van der Waals surface area (Å²) in [7, 11) is 0. The fourth-order valence-corrected chi connectivity index (χ4v) is 3.13. The van der Waals surface area contributed by atoms with E-state index in [1.807, 2.05) is 0 Å². The normalized spacial score (nSPS) is 13.0. The lowest BCUT2D eigenvalue weighted by Gasteiger charge is -2.12. The molecule has 0 N–H and O–H groups in total. The molecule has 0 nitrogen and oxygen atoms in total. The molecule has 2 rings (SSSR count). The third-order valence-corrected chi connectivity index (χ3v) is 4.99. The van der Waals surface area contributed by atoms with Crippen LogP contribution in [0.25, 0.3) is 0 Å². The predicted molar refractivity (Wildman–Crippen MR) is 109 cm³/mol. The van der Waals surface area contributed by atoms with Crippen molar-refractivity contribution in [3.8, 4) is 0 Å². The van der Waals surface area contributed by atoms with Crippen LogP contribution in [-0.4, -0.2) is 0 Å². The minimum atomic E-state index is 0.698. The first kappa shape index (κ1) is 20.5. The fraction of sp³-hybridized carbons (Fsp3) is 0.500. The lowest BCUT2D eigenvalue weighted by molar-refractivity contribution is 0.728. The molecule has 0 heterocycles. The van der Waals surface area contributed by atoms with Gasteiger partial charge in [0.1, 0.15) is 0 Å². The topological polar surface area (TPSA) is 0 Å². The monoisotopic (exact) mass is 324 g/mol. The molecule has 0 aliphatic carbocycles. The van der Waals surface area contributed by atoms with Crippen molar-refractivity contribution in [3.63, 3.8) is 0 Å². The van der Waals surface area contributed by atoms with Crippen molar-refractivity contribution in [1.82, 2.24) is 0 Å². The molecular formula is C24H36. The summed E-state index contributed by atoms with van der Waals surface area (Å²) >= 11 is 0. The van der Waals surface area contributed by atoms with E-state index in [2.05, 4.69) is 91.8 Å². The second-order valence-corrected chi connectivity index (χ2v) is 7.40. The number of aryl methyl sites for hydroxylation is 4. The number of benzene rings is 2. The maximum Gasteiger partial charge on any atom is -0.0190 e. The van der Waals surface area contributed by atoms with Gasteiger partial charge in [0.25, 0.3) is 0 Å². The van der Waals surface area contributed by atoms with Gasteiger partial charge in [0, 0.05) is 0 Å². The third-order valence-electron chi connectivity index (χ3n) is 4.99. The van der Waals surface area contributed by atoms with Gasteiger partial charge in [-0.05, 0) is 69.1 Å². The van der Waals surface area contributed by atoms with Gasteiger partial charge in [-0.3, -0.25) is 0 Å². The molecule has 0 bridgehead atoms. The molecule has 0 saturated carbocycles. The van der Waals surface area contributed by atoms with Crippen LogP contribution in [0.3, 0.4) is 0 Å². The first-order valence-corrected chi connectivity index (χ1v) is 9.43. The molecule has 132 valence electrons. The zero-order valence-corrected chi connectivity index (χ0v) is 17.0. The SMILES string of the molecule is CCC(C)c1cc(C)cc(C)c1.CCC(C)c1ccc(C)cc1C. The molecule has 24 heavy (non-hydrogen) atoms. The van der Waals surface area contributed by atoms with Crippen molar-refractivity contribution < 1.29 is 0 Å². The van der Waals surface area contributed by atoms with Crippen molar-refractivity contribution in [3.05, 3.63) is 69.8 Å². The molecular weight excluding hydrogens is 288 g/mol. The molecule has 0 saturated heterocycles. The quantitative estimate of drug-likeness (QED) is 0.542. The van der Waals surface area contributed by atoms with Gasteiger partial charge < -0.3 is 0 Å². The summed E-state index contributed by atoms with van der Waals surface area (Å²) in [6.07, 6.45) is 2.45. The highest BCUT2D eigenvalue weighted by molar-refractivity contribution is 5.32. The predicted octanol–water partition coefficient (Wildman–Crippen LogP) is 7.63. The first-order chi connectivity index (χ1) is 11.3. The Morgan fingerprint density at radius 1 is 0.667 bits per heavy atom. The van der Waals surface area contributed by atoms with Gasteiger partial charge in [0.2, 0.25) is 0 Å². The standard InChI is InChI=1S/2C12H18/c1-5-11(4)12-7-9(2)6-10(3)8-12;1-5-10(3)12-7-6-9(2)8-11(12)4/h6-8,11H,5H2,1-4H3;6-8,10H,5H2,1-4H3. The van der Waals surface area contributed by atoms with Crippen LogP contribution in [0, 0.1) is 27.7 Å². The smallest absolute Gasteiger partial charge is 0.0190 e. The summed E-state index contributed by atoms with van der Waals surface area (Å²) < 4.78 is 0. The van der Waals surface area contributed by atoms with Crippen LogP contribution in [-0.2, 0) is 0 Å². The van der Waals surface area contributed by atoms with Crippen molar-refractivity contribution >= 4 is 0 Å².